The molecule has 9 nitrogen and oxygen atoms in total. The van der Waals surface area contributed by atoms with Crippen LogP contribution in [0.2, 0.25) is 0 Å². The highest BCUT2D eigenvalue weighted by molar-refractivity contribution is 5.97. The molecular formula is C19H31N3O6. The van der Waals surface area contributed by atoms with Gasteiger partial charge < -0.3 is 25.0 Å². The fourth-order valence-electron chi connectivity index (χ4n) is 3.37. The molecule has 2 N–H and O–H groups in total. The van der Waals surface area contributed by atoms with Crippen LogP contribution in [-0.4, -0.2) is 73.1 Å². The van der Waals surface area contributed by atoms with E-state index in [1.807, 2.05) is 20.8 Å². The first-order chi connectivity index (χ1) is 13.3. The van der Waals surface area contributed by atoms with E-state index in [1.165, 1.54) is 12.0 Å². The quantitative estimate of drug-likeness (QED) is 0.417. The maximum absolute atomic E-state index is 13.1. The van der Waals surface area contributed by atoms with Gasteiger partial charge in [-0.15, -0.1) is 0 Å². The van der Waals surface area contributed by atoms with Crippen LogP contribution in [-0.2, 0) is 28.7 Å². The first-order valence-electron chi connectivity index (χ1n) is 9.97. The van der Waals surface area contributed by atoms with Crippen LogP contribution in [0.5, 0.6) is 0 Å². The van der Waals surface area contributed by atoms with E-state index in [0.29, 0.717) is 32.4 Å². The van der Waals surface area contributed by atoms with Gasteiger partial charge in [0.25, 0.3) is 11.8 Å². The number of esters is 1. The molecule has 158 valence electrons. The number of ether oxygens (including phenoxy) is 2. The Kier molecular flexibility index (Phi) is 7.79. The van der Waals surface area contributed by atoms with Gasteiger partial charge in [-0.25, -0.2) is 4.79 Å². The first-order valence-corrected chi connectivity index (χ1v) is 9.97. The molecule has 0 radical (unpaired) electrons. The van der Waals surface area contributed by atoms with E-state index in [0.717, 1.165) is 6.42 Å². The van der Waals surface area contributed by atoms with Crippen molar-refractivity contribution in [1.82, 2.24) is 15.5 Å². The van der Waals surface area contributed by atoms with Crippen LogP contribution in [0.3, 0.4) is 0 Å². The fourth-order valence-corrected chi connectivity index (χ4v) is 3.37. The Morgan fingerprint density at radius 2 is 1.86 bits per heavy atom. The van der Waals surface area contributed by atoms with Crippen molar-refractivity contribution in [2.45, 2.75) is 70.7 Å². The van der Waals surface area contributed by atoms with Crippen molar-refractivity contribution in [1.29, 1.82) is 0 Å². The lowest BCUT2D eigenvalue weighted by molar-refractivity contribution is -0.152. The summed E-state index contributed by atoms with van der Waals surface area (Å²) >= 11 is 0. The highest BCUT2D eigenvalue weighted by atomic mass is 16.6. The third-order valence-corrected chi connectivity index (χ3v) is 5.34. The van der Waals surface area contributed by atoms with Crippen LogP contribution in [0, 0.1) is 5.92 Å². The van der Waals surface area contributed by atoms with Gasteiger partial charge in [0.1, 0.15) is 12.1 Å². The summed E-state index contributed by atoms with van der Waals surface area (Å²) in [6.07, 6.45) is 1.01. The molecule has 2 saturated heterocycles. The van der Waals surface area contributed by atoms with Gasteiger partial charge in [0, 0.05) is 13.1 Å². The Bertz CT molecular complexity index is 610. The summed E-state index contributed by atoms with van der Waals surface area (Å²) < 4.78 is 10.0. The van der Waals surface area contributed by atoms with E-state index in [1.54, 1.807) is 0 Å². The molecule has 2 rings (SSSR count). The van der Waals surface area contributed by atoms with Crippen molar-refractivity contribution in [3.8, 4) is 0 Å². The summed E-state index contributed by atoms with van der Waals surface area (Å²) in [5, 5.41) is 5.43. The van der Waals surface area contributed by atoms with Gasteiger partial charge in [0.2, 0.25) is 5.91 Å². The number of amides is 3. The zero-order valence-corrected chi connectivity index (χ0v) is 17.0. The lowest BCUT2D eigenvalue weighted by Crippen LogP contribution is -2.55. The molecule has 3 amide bonds. The number of methoxy groups -OCH3 is 1. The predicted octanol–water partition coefficient (Wildman–Crippen LogP) is -0.0251. The van der Waals surface area contributed by atoms with Crippen LogP contribution in [0.15, 0.2) is 0 Å². The highest BCUT2D eigenvalue weighted by Crippen LogP contribution is 2.25. The topological polar surface area (TPSA) is 117 Å². The number of nitrogens with zero attached hydrogens (tertiary/aromatic N) is 1. The van der Waals surface area contributed by atoms with Gasteiger partial charge in [0.05, 0.1) is 7.11 Å². The second-order valence-electron chi connectivity index (χ2n) is 7.35. The number of hydrogen-bond donors (Lipinski definition) is 2. The van der Waals surface area contributed by atoms with Gasteiger partial charge in [-0.2, -0.15) is 0 Å². The second-order valence-corrected chi connectivity index (χ2v) is 7.35. The predicted molar refractivity (Wildman–Crippen MR) is 100 cm³/mol. The van der Waals surface area contributed by atoms with Crippen LogP contribution in [0.4, 0.5) is 0 Å². The van der Waals surface area contributed by atoms with Crippen LogP contribution in [0.1, 0.15) is 46.5 Å². The van der Waals surface area contributed by atoms with Gasteiger partial charge in [0.15, 0.2) is 12.2 Å². The van der Waals surface area contributed by atoms with E-state index in [-0.39, 0.29) is 17.7 Å². The largest absolute Gasteiger partial charge is 0.467 e. The van der Waals surface area contributed by atoms with Crippen LogP contribution < -0.4 is 10.6 Å². The number of carbonyl (C=O) groups is 4. The normalized spacial score (nSPS) is 25.6. The van der Waals surface area contributed by atoms with Crippen molar-refractivity contribution in [2.75, 3.05) is 20.2 Å². The first kappa shape index (κ1) is 22.1. The zero-order chi connectivity index (χ0) is 20.8. The smallest absolute Gasteiger partial charge is 0.328 e. The van der Waals surface area contributed by atoms with Crippen molar-refractivity contribution in [2.24, 2.45) is 5.92 Å². The molecule has 2 aliphatic heterocycles. The van der Waals surface area contributed by atoms with Gasteiger partial charge in [-0.1, -0.05) is 27.2 Å². The van der Waals surface area contributed by atoms with Gasteiger partial charge in [-0.3, -0.25) is 14.4 Å². The third kappa shape index (κ3) is 5.01. The molecule has 0 bridgehead atoms. The molecule has 9 heteroatoms. The maximum Gasteiger partial charge on any atom is 0.328 e. The Balaban J connectivity index is 2.02. The second kappa shape index (κ2) is 9.86. The zero-order valence-electron chi connectivity index (χ0n) is 17.0. The summed E-state index contributed by atoms with van der Waals surface area (Å²) in [7, 11) is 1.30. The van der Waals surface area contributed by atoms with Crippen molar-refractivity contribution < 1.29 is 28.7 Å². The minimum atomic E-state index is -0.883. The van der Waals surface area contributed by atoms with Gasteiger partial charge >= 0.3 is 5.97 Å². The summed E-state index contributed by atoms with van der Waals surface area (Å²) in [6, 6.07) is -1.41. The monoisotopic (exact) mass is 397 g/mol. The summed E-state index contributed by atoms with van der Waals surface area (Å²) in [4.78, 5) is 51.0. The van der Waals surface area contributed by atoms with Crippen molar-refractivity contribution in [3.63, 3.8) is 0 Å². The molecule has 2 fully saturated rings. The Labute approximate surface area is 165 Å². The molecule has 0 aliphatic carbocycles. The number of carbonyl (C=O) groups excluding carboxylic acids is 4. The number of likely N-dealkylation sites (tertiary alicyclic amines) is 1. The third-order valence-electron chi connectivity index (χ3n) is 5.34. The summed E-state index contributed by atoms with van der Waals surface area (Å²) in [5.41, 5.74) is 0. The number of rotatable bonds is 9. The summed E-state index contributed by atoms with van der Waals surface area (Å²) in [5.74, 6) is -1.69. The average Bonchev–Trinajstić information content (AvgIpc) is 3.36. The molecule has 0 saturated carbocycles. The minimum Gasteiger partial charge on any atom is -0.467 e. The molecule has 2 unspecified atom stereocenters. The van der Waals surface area contributed by atoms with E-state index in [2.05, 4.69) is 10.6 Å². The lowest BCUT2D eigenvalue weighted by Gasteiger charge is -2.30. The number of epoxide rings is 1. The SMILES string of the molecule is CCCNC(=O)C1OC1C(=O)N[C@H](C(=O)N1CCC[C@H]1C(=O)OC)[C@@H](C)CC. The van der Waals surface area contributed by atoms with E-state index >= 15 is 0 Å². The van der Waals surface area contributed by atoms with E-state index < -0.39 is 36.2 Å². The fraction of sp³-hybridized carbons (Fsp3) is 0.789. The Morgan fingerprint density at radius 1 is 1.18 bits per heavy atom. The van der Waals surface area contributed by atoms with E-state index in [9.17, 15) is 19.2 Å². The van der Waals surface area contributed by atoms with Crippen LogP contribution >= 0.6 is 0 Å². The molecule has 0 spiro atoms. The van der Waals surface area contributed by atoms with Crippen molar-refractivity contribution >= 4 is 23.7 Å². The van der Waals surface area contributed by atoms with Crippen LogP contribution in [0.25, 0.3) is 0 Å². The average molecular weight is 397 g/mol. The highest BCUT2D eigenvalue weighted by Gasteiger charge is 2.51. The van der Waals surface area contributed by atoms with Crippen molar-refractivity contribution in [3.05, 3.63) is 0 Å². The molecular weight excluding hydrogens is 366 g/mol. The Hall–Kier alpha value is -2.16. The molecule has 0 aromatic rings. The summed E-state index contributed by atoms with van der Waals surface area (Å²) in [6.45, 7) is 6.69. The molecule has 5 atom stereocenters. The lowest BCUT2D eigenvalue weighted by atomic mass is 9.97. The minimum absolute atomic E-state index is 0.138. The number of hydrogen-bond acceptors (Lipinski definition) is 6. The standard InChI is InChI=1S/C19H31N3O6/c1-5-9-20-16(23)14-15(28-14)17(24)21-13(11(3)6-2)18(25)22-10-7-8-12(22)19(26)27-4/h11-15H,5-10H2,1-4H3,(H,20,23)(H,21,24)/t11-,12-,13-,14?,15?/m0/s1. The maximum atomic E-state index is 13.1. The number of nitrogens with one attached hydrogen (secondary N) is 2. The molecule has 2 heterocycles. The van der Waals surface area contributed by atoms with Gasteiger partial charge in [-0.05, 0) is 25.2 Å². The molecule has 28 heavy (non-hydrogen) atoms. The molecule has 0 aromatic carbocycles. The Morgan fingerprint density at radius 3 is 2.46 bits per heavy atom. The molecule has 0 aromatic heterocycles. The molecule has 2 aliphatic rings. The van der Waals surface area contributed by atoms with E-state index in [4.69, 9.17) is 9.47 Å².